The Morgan fingerprint density at radius 1 is 1.15 bits per heavy atom. The summed E-state index contributed by atoms with van der Waals surface area (Å²) < 4.78 is 32.3. The van der Waals surface area contributed by atoms with Gasteiger partial charge in [-0.05, 0) is 23.7 Å². The van der Waals surface area contributed by atoms with E-state index in [0.717, 1.165) is 12.1 Å². The molecule has 2 aromatic rings. The van der Waals surface area contributed by atoms with E-state index in [-0.39, 0.29) is 28.4 Å². The van der Waals surface area contributed by atoms with E-state index in [2.05, 4.69) is 0 Å². The second-order valence-corrected chi connectivity index (χ2v) is 4.47. The van der Waals surface area contributed by atoms with Crippen LogP contribution in [0, 0.1) is 11.6 Å². The lowest BCUT2D eigenvalue weighted by molar-refractivity contribution is 0.285. The molecule has 2 N–H and O–H groups in total. The summed E-state index contributed by atoms with van der Waals surface area (Å²) >= 11 is 5.62. The molecule has 2 rings (SSSR count). The third kappa shape index (κ3) is 3.28. The Hall–Kier alpha value is -1.63. The molecule has 0 radical (unpaired) electrons. The fourth-order valence-corrected chi connectivity index (χ4v) is 1.80. The van der Waals surface area contributed by atoms with Crippen LogP contribution < -0.4 is 10.2 Å². The first-order valence-corrected chi connectivity index (χ1v) is 6.08. The van der Waals surface area contributed by atoms with Crippen molar-refractivity contribution in [1.82, 2.24) is 0 Å². The zero-order valence-electron chi connectivity index (χ0n) is 10.2. The molecule has 0 fully saturated rings. The number of hydrogen-bond donors (Lipinski definition) is 2. The van der Waals surface area contributed by atoms with E-state index in [1.807, 2.05) is 0 Å². The van der Waals surface area contributed by atoms with Gasteiger partial charge < -0.3 is 14.8 Å². The van der Waals surface area contributed by atoms with Gasteiger partial charge in [0.25, 0.3) is 0 Å². The van der Waals surface area contributed by atoms with Crippen LogP contribution >= 0.6 is 11.6 Å². The van der Waals surface area contributed by atoms with Gasteiger partial charge in [0.15, 0.2) is 11.6 Å². The average Bonchev–Trinajstić information content (AvgIpc) is 2.41. The Kier molecular flexibility index (Phi) is 4.59. The zero-order chi connectivity index (χ0) is 14.7. The highest BCUT2D eigenvalue weighted by molar-refractivity contribution is 6.58. The molecule has 0 aliphatic carbocycles. The third-order valence-electron chi connectivity index (χ3n) is 2.67. The minimum atomic E-state index is -1.74. The summed E-state index contributed by atoms with van der Waals surface area (Å²) in [7, 11) is -1.74. The summed E-state index contributed by atoms with van der Waals surface area (Å²) in [5.74, 6) is -1.51. The molecule has 0 amide bonds. The number of rotatable bonds is 4. The molecule has 0 saturated heterocycles. The van der Waals surface area contributed by atoms with E-state index in [1.54, 1.807) is 6.07 Å². The highest BCUT2D eigenvalue weighted by Crippen LogP contribution is 2.21. The van der Waals surface area contributed by atoms with Crippen molar-refractivity contribution in [3.63, 3.8) is 0 Å². The summed E-state index contributed by atoms with van der Waals surface area (Å²) in [5, 5.41) is 18.0. The third-order valence-corrected chi connectivity index (χ3v) is 2.96. The van der Waals surface area contributed by atoms with Crippen LogP contribution in [0.1, 0.15) is 5.56 Å². The fourth-order valence-electron chi connectivity index (χ4n) is 1.61. The minimum absolute atomic E-state index is 0.0499. The van der Waals surface area contributed by atoms with Crippen molar-refractivity contribution in [2.45, 2.75) is 6.61 Å². The molecule has 0 aliphatic rings. The average molecular weight is 298 g/mol. The molecule has 2 aromatic carbocycles. The summed E-state index contributed by atoms with van der Waals surface area (Å²) in [5.41, 5.74) is 0.250. The molecule has 0 unspecified atom stereocenters. The standard InChI is InChI=1S/C13H10BClF2O3/c15-10-3-1-2-8(13(10)17)7-20-12-6-9(14(18)19)4-5-11(12)16/h1-6,18-19H,7H2. The van der Waals surface area contributed by atoms with Crippen LogP contribution in [0.3, 0.4) is 0 Å². The van der Waals surface area contributed by atoms with Gasteiger partial charge >= 0.3 is 7.12 Å². The summed E-state index contributed by atoms with van der Waals surface area (Å²) in [6, 6.07) is 7.80. The molecule has 0 bridgehead atoms. The lowest BCUT2D eigenvalue weighted by Gasteiger charge is -2.10. The second-order valence-electron chi connectivity index (χ2n) is 4.07. The van der Waals surface area contributed by atoms with Crippen LogP contribution in [0.15, 0.2) is 36.4 Å². The van der Waals surface area contributed by atoms with E-state index >= 15 is 0 Å². The van der Waals surface area contributed by atoms with E-state index in [1.165, 1.54) is 18.2 Å². The smallest absolute Gasteiger partial charge is 0.486 e. The second kappa shape index (κ2) is 6.22. The Bertz CT molecular complexity index is 623. The van der Waals surface area contributed by atoms with Crippen molar-refractivity contribution in [2.24, 2.45) is 0 Å². The topological polar surface area (TPSA) is 49.7 Å². The van der Waals surface area contributed by atoms with Crippen LogP contribution in [-0.2, 0) is 6.61 Å². The van der Waals surface area contributed by atoms with Crippen molar-refractivity contribution in [1.29, 1.82) is 0 Å². The van der Waals surface area contributed by atoms with Crippen molar-refractivity contribution in [2.75, 3.05) is 0 Å². The van der Waals surface area contributed by atoms with E-state index in [0.29, 0.717) is 0 Å². The molecule has 0 spiro atoms. The number of benzene rings is 2. The summed E-state index contributed by atoms with van der Waals surface area (Å²) in [6.45, 7) is -0.228. The molecule has 0 aromatic heterocycles. The minimum Gasteiger partial charge on any atom is -0.486 e. The zero-order valence-corrected chi connectivity index (χ0v) is 10.9. The predicted octanol–water partition coefficient (Wildman–Crippen LogP) is 1.88. The number of halogens is 3. The fraction of sp³-hybridized carbons (Fsp3) is 0.0769. The summed E-state index contributed by atoms with van der Waals surface area (Å²) in [6.07, 6.45) is 0. The summed E-state index contributed by atoms with van der Waals surface area (Å²) in [4.78, 5) is 0. The molecule has 3 nitrogen and oxygen atoms in total. The Morgan fingerprint density at radius 3 is 2.60 bits per heavy atom. The van der Waals surface area contributed by atoms with E-state index in [9.17, 15) is 8.78 Å². The van der Waals surface area contributed by atoms with E-state index < -0.39 is 18.8 Å². The first-order chi connectivity index (χ1) is 9.49. The normalized spacial score (nSPS) is 10.4. The van der Waals surface area contributed by atoms with Crippen LogP contribution in [-0.4, -0.2) is 17.2 Å². The molecule has 7 heteroatoms. The lowest BCUT2D eigenvalue weighted by atomic mass is 9.80. The van der Waals surface area contributed by atoms with Gasteiger partial charge in [0.1, 0.15) is 12.4 Å². The number of hydrogen-bond acceptors (Lipinski definition) is 3. The lowest BCUT2D eigenvalue weighted by Crippen LogP contribution is -2.29. The maximum absolute atomic E-state index is 13.6. The maximum atomic E-state index is 13.6. The molecule has 0 atom stereocenters. The van der Waals surface area contributed by atoms with Gasteiger partial charge in [-0.25, -0.2) is 8.78 Å². The Morgan fingerprint density at radius 2 is 1.90 bits per heavy atom. The Balaban J connectivity index is 2.18. The van der Waals surface area contributed by atoms with Crippen LogP contribution in [0.25, 0.3) is 0 Å². The van der Waals surface area contributed by atoms with Crippen molar-refractivity contribution in [3.8, 4) is 5.75 Å². The van der Waals surface area contributed by atoms with Crippen LogP contribution in [0.5, 0.6) is 5.75 Å². The van der Waals surface area contributed by atoms with Gasteiger partial charge in [0.2, 0.25) is 0 Å². The molecule has 0 aliphatic heterocycles. The van der Waals surface area contributed by atoms with E-state index in [4.69, 9.17) is 26.4 Å². The van der Waals surface area contributed by atoms with Crippen molar-refractivity contribution in [3.05, 3.63) is 58.6 Å². The first kappa shape index (κ1) is 14.8. The molecule has 0 heterocycles. The monoisotopic (exact) mass is 298 g/mol. The largest absolute Gasteiger partial charge is 0.488 e. The van der Waals surface area contributed by atoms with Crippen LogP contribution in [0.4, 0.5) is 8.78 Å². The van der Waals surface area contributed by atoms with Gasteiger partial charge in [-0.15, -0.1) is 0 Å². The molecule has 104 valence electrons. The maximum Gasteiger partial charge on any atom is 0.488 e. The van der Waals surface area contributed by atoms with Gasteiger partial charge in [0.05, 0.1) is 5.02 Å². The molecule has 0 saturated carbocycles. The highest BCUT2D eigenvalue weighted by Gasteiger charge is 2.15. The van der Waals surface area contributed by atoms with Gasteiger partial charge in [-0.2, -0.15) is 0 Å². The highest BCUT2D eigenvalue weighted by atomic mass is 35.5. The number of ether oxygens (including phenoxy) is 1. The molecule has 20 heavy (non-hydrogen) atoms. The first-order valence-electron chi connectivity index (χ1n) is 5.70. The van der Waals surface area contributed by atoms with Gasteiger partial charge in [0, 0.05) is 5.56 Å². The SMILES string of the molecule is OB(O)c1ccc(F)c(OCc2cccc(Cl)c2F)c1. The molecular formula is C13H10BClF2O3. The Labute approximate surface area is 119 Å². The van der Waals surface area contributed by atoms with Crippen molar-refractivity contribution >= 4 is 24.2 Å². The predicted molar refractivity (Wildman–Crippen MR) is 72.0 cm³/mol. The van der Waals surface area contributed by atoms with Gasteiger partial charge in [-0.1, -0.05) is 29.8 Å². The van der Waals surface area contributed by atoms with Crippen molar-refractivity contribution < 1.29 is 23.6 Å². The molecular weight excluding hydrogens is 288 g/mol. The quantitative estimate of drug-likeness (QED) is 0.847. The van der Waals surface area contributed by atoms with Crippen LogP contribution in [0.2, 0.25) is 5.02 Å². The van der Waals surface area contributed by atoms with Gasteiger partial charge in [-0.3, -0.25) is 0 Å².